The smallest absolute Gasteiger partial charge is 0.262 e. The molecular weight excluding hydrogens is 785 g/mol. The highest BCUT2D eigenvalue weighted by atomic mass is 32.2. The number of sulfonamides is 1. The number of ether oxygens (including phenoxy) is 4. The van der Waals surface area contributed by atoms with Gasteiger partial charge in [0.25, 0.3) is 11.8 Å². The second kappa shape index (κ2) is 18.7. The van der Waals surface area contributed by atoms with Crippen molar-refractivity contribution < 1.29 is 46.5 Å². The van der Waals surface area contributed by atoms with Crippen LogP contribution in [0.1, 0.15) is 39.1 Å². The molecule has 3 aliphatic heterocycles. The summed E-state index contributed by atoms with van der Waals surface area (Å²) in [7, 11) is -3.49. The Labute approximate surface area is 340 Å². The van der Waals surface area contributed by atoms with Crippen molar-refractivity contribution in [3.05, 3.63) is 83.7 Å². The zero-order chi connectivity index (χ0) is 41.4. The number of carbonyl (C=O) groups is 4. The number of fused-ring (bicyclic) bond motifs is 2. The average molecular weight is 827 g/mol. The number of benzene rings is 3. The van der Waals surface area contributed by atoms with E-state index in [1.54, 1.807) is 24.3 Å². The number of piperidine rings is 1. The van der Waals surface area contributed by atoms with Crippen LogP contribution in [0.2, 0.25) is 0 Å². The molecule has 2 saturated heterocycles. The molecule has 59 heavy (non-hydrogen) atoms. The summed E-state index contributed by atoms with van der Waals surface area (Å²) in [6.45, 7) is 3.35. The number of imide groups is 2. The van der Waals surface area contributed by atoms with E-state index in [9.17, 15) is 32.9 Å². The van der Waals surface area contributed by atoms with Crippen molar-refractivity contribution in [2.75, 3.05) is 88.4 Å². The lowest BCUT2D eigenvalue weighted by Crippen LogP contribution is -2.54. The van der Waals surface area contributed by atoms with Crippen LogP contribution < -0.4 is 20.3 Å². The molecule has 7 rings (SSSR count). The van der Waals surface area contributed by atoms with Gasteiger partial charge in [0.15, 0.2) is 0 Å². The number of hydrogen-bond acceptors (Lipinski definition) is 15. The molecule has 0 spiro atoms. The second-order valence-electron chi connectivity index (χ2n) is 13.8. The maximum atomic E-state index is 13.0. The number of carbonyl (C=O) groups excluding carboxylic acids is 4. The molecule has 308 valence electrons. The van der Waals surface area contributed by atoms with Crippen molar-refractivity contribution in [1.82, 2.24) is 24.5 Å². The van der Waals surface area contributed by atoms with Gasteiger partial charge in [0.2, 0.25) is 21.8 Å². The number of nitriles is 1. The molecule has 3 aliphatic rings. The molecule has 18 nitrogen and oxygen atoms in total. The molecule has 0 saturated carbocycles. The van der Waals surface area contributed by atoms with Crippen molar-refractivity contribution in [2.24, 2.45) is 0 Å². The van der Waals surface area contributed by atoms with Crippen molar-refractivity contribution in [3.63, 3.8) is 0 Å². The molecule has 2 N–H and O–H groups in total. The van der Waals surface area contributed by atoms with Crippen molar-refractivity contribution in [2.45, 2.75) is 18.9 Å². The van der Waals surface area contributed by atoms with Gasteiger partial charge in [-0.15, -0.1) is 0 Å². The summed E-state index contributed by atoms with van der Waals surface area (Å²) in [5, 5.41) is 15.5. The fourth-order valence-electron chi connectivity index (χ4n) is 6.94. The van der Waals surface area contributed by atoms with E-state index in [-0.39, 0.29) is 69.4 Å². The predicted octanol–water partition coefficient (Wildman–Crippen LogP) is 2.23. The fraction of sp³-hybridized carbons (Fsp3) is 0.375. The lowest BCUT2D eigenvalue weighted by atomic mass is 10.0. The maximum absolute atomic E-state index is 13.0. The first-order valence-electron chi connectivity index (χ1n) is 19.1. The van der Waals surface area contributed by atoms with Crippen LogP contribution in [0.15, 0.2) is 67.0 Å². The molecule has 1 aromatic heterocycles. The summed E-state index contributed by atoms with van der Waals surface area (Å²) in [4.78, 5) is 61.2. The number of rotatable bonds is 18. The van der Waals surface area contributed by atoms with E-state index in [0.717, 1.165) is 27.2 Å². The molecule has 4 heterocycles. The van der Waals surface area contributed by atoms with Crippen LogP contribution in [-0.2, 0) is 33.8 Å². The Balaban J connectivity index is 0.731. The average Bonchev–Trinajstić information content (AvgIpc) is 3.49. The van der Waals surface area contributed by atoms with Crippen LogP contribution in [0, 0.1) is 11.3 Å². The van der Waals surface area contributed by atoms with Crippen molar-refractivity contribution in [3.8, 4) is 11.8 Å². The van der Waals surface area contributed by atoms with Crippen molar-refractivity contribution >= 4 is 61.7 Å². The Hall–Kier alpha value is -6.04. The Bertz CT molecular complexity index is 2360. The molecule has 4 amide bonds. The van der Waals surface area contributed by atoms with Crippen LogP contribution >= 0.6 is 0 Å². The van der Waals surface area contributed by atoms with Crippen LogP contribution in [0.3, 0.4) is 0 Å². The third-order valence-corrected chi connectivity index (χ3v) is 11.9. The molecule has 0 radical (unpaired) electrons. The lowest BCUT2D eigenvalue weighted by molar-refractivity contribution is -0.136. The summed E-state index contributed by atoms with van der Waals surface area (Å²) in [6.07, 6.45) is 1.60. The van der Waals surface area contributed by atoms with Gasteiger partial charge in [-0.3, -0.25) is 29.4 Å². The minimum Gasteiger partial charge on any atom is -0.491 e. The maximum Gasteiger partial charge on any atom is 0.262 e. The van der Waals surface area contributed by atoms with E-state index < -0.39 is 39.7 Å². The van der Waals surface area contributed by atoms with Gasteiger partial charge < -0.3 is 29.2 Å². The third kappa shape index (κ3) is 9.81. The molecule has 1 unspecified atom stereocenters. The molecule has 4 aromatic rings. The molecule has 19 heteroatoms. The fourth-order valence-corrected chi connectivity index (χ4v) is 8.24. The number of aromatic nitrogens is 2. The summed E-state index contributed by atoms with van der Waals surface area (Å²) in [6, 6.07) is 18.7. The van der Waals surface area contributed by atoms with E-state index in [1.807, 2.05) is 24.3 Å². The Morgan fingerprint density at radius 1 is 0.797 bits per heavy atom. The number of anilines is 3. The minimum absolute atomic E-state index is 0.0435. The third-order valence-electron chi connectivity index (χ3n) is 10.0. The highest BCUT2D eigenvalue weighted by Gasteiger charge is 2.44. The van der Waals surface area contributed by atoms with Crippen LogP contribution in [0.4, 0.5) is 17.2 Å². The van der Waals surface area contributed by atoms with E-state index in [2.05, 4.69) is 31.6 Å². The van der Waals surface area contributed by atoms with Crippen LogP contribution in [0.25, 0.3) is 10.9 Å². The Kier molecular flexibility index (Phi) is 13.0. The van der Waals surface area contributed by atoms with Crippen LogP contribution in [0.5, 0.6) is 5.75 Å². The van der Waals surface area contributed by atoms with Gasteiger partial charge in [-0.25, -0.2) is 18.4 Å². The zero-order valence-electron chi connectivity index (χ0n) is 32.0. The Morgan fingerprint density at radius 3 is 2.20 bits per heavy atom. The quantitative estimate of drug-likeness (QED) is 0.108. The van der Waals surface area contributed by atoms with Gasteiger partial charge in [-0.2, -0.15) is 9.57 Å². The standard InChI is InChI=1S/C40H42N8O10S/c41-25-27-1-8-34-33(23-27)37(43-26-42-34)44-28-2-4-29(5-3-28)46-11-13-47(14-12-46)59(53,54)22-21-57-18-17-55-15-16-56-19-20-58-30-6-7-31-32(24-30)40(52)48(39(31)51)35-9-10-36(49)45-38(35)50/h1-8,23-24,26,35H,9-22H2,(H,42,43,44)(H,45,49,50). The SMILES string of the molecule is N#Cc1ccc2ncnc(Nc3ccc(N4CCN(S(=O)(=O)CCOCCOCCOCCOc5ccc6c(c5)C(=O)N(C5CCC(=O)NC5=O)C6=O)CC4)cc3)c2c1. The molecule has 0 bridgehead atoms. The summed E-state index contributed by atoms with van der Waals surface area (Å²) >= 11 is 0. The van der Waals surface area contributed by atoms with E-state index in [4.69, 9.17) is 18.9 Å². The van der Waals surface area contributed by atoms with Crippen molar-refractivity contribution in [1.29, 1.82) is 5.26 Å². The van der Waals surface area contributed by atoms with E-state index >= 15 is 0 Å². The highest BCUT2D eigenvalue weighted by molar-refractivity contribution is 7.89. The lowest BCUT2D eigenvalue weighted by Gasteiger charge is -2.35. The van der Waals surface area contributed by atoms with Gasteiger partial charge in [-0.1, -0.05) is 0 Å². The van der Waals surface area contributed by atoms with Gasteiger partial charge in [0, 0.05) is 49.4 Å². The molecule has 3 aromatic carbocycles. The van der Waals surface area contributed by atoms with Gasteiger partial charge in [-0.05, 0) is 67.1 Å². The first kappa shape index (κ1) is 41.1. The predicted molar refractivity (Wildman–Crippen MR) is 213 cm³/mol. The number of hydrogen-bond donors (Lipinski definition) is 2. The monoisotopic (exact) mass is 826 g/mol. The second-order valence-corrected chi connectivity index (χ2v) is 15.9. The largest absolute Gasteiger partial charge is 0.491 e. The zero-order valence-corrected chi connectivity index (χ0v) is 32.8. The van der Waals surface area contributed by atoms with Gasteiger partial charge in [0.05, 0.1) is 73.7 Å². The molecule has 1 atom stereocenters. The normalized spacial score (nSPS) is 17.2. The first-order valence-corrected chi connectivity index (χ1v) is 20.7. The Morgan fingerprint density at radius 2 is 1.49 bits per heavy atom. The molecular formula is C40H42N8O10S. The van der Waals surface area contributed by atoms with E-state index in [0.29, 0.717) is 49.9 Å². The number of amides is 4. The van der Waals surface area contributed by atoms with E-state index in [1.165, 1.54) is 22.8 Å². The summed E-state index contributed by atoms with van der Waals surface area (Å²) < 4.78 is 49.7. The first-order chi connectivity index (χ1) is 28.6. The molecule has 0 aliphatic carbocycles. The van der Waals surface area contributed by atoms with Gasteiger partial charge in [0.1, 0.15) is 30.5 Å². The topological polar surface area (TPSA) is 223 Å². The minimum atomic E-state index is -3.49. The van der Waals surface area contributed by atoms with Crippen LogP contribution in [-0.4, -0.2) is 135 Å². The highest BCUT2D eigenvalue weighted by Crippen LogP contribution is 2.31. The number of nitrogens with one attached hydrogen (secondary N) is 2. The summed E-state index contributed by atoms with van der Waals surface area (Å²) in [5.41, 5.74) is 3.34. The number of piperazine rings is 1. The molecule has 2 fully saturated rings. The summed E-state index contributed by atoms with van der Waals surface area (Å²) in [5.74, 6) is -1.47. The number of nitrogens with zero attached hydrogens (tertiary/aromatic N) is 6. The van der Waals surface area contributed by atoms with Gasteiger partial charge >= 0.3 is 0 Å².